The van der Waals surface area contributed by atoms with E-state index in [-0.39, 0.29) is 0 Å². The van der Waals surface area contributed by atoms with Crippen LogP contribution in [0.1, 0.15) is 0 Å². The van der Waals surface area contributed by atoms with Gasteiger partial charge < -0.3 is 0 Å². The van der Waals surface area contributed by atoms with Crippen molar-refractivity contribution in [2.45, 2.75) is 0 Å². The van der Waals surface area contributed by atoms with E-state index in [4.69, 9.17) is 0 Å². The summed E-state index contributed by atoms with van der Waals surface area (Å²) in [6.07, 6.45) is 0. The van der Waals surface area contributed by atoms with Crippen LogP contribution in [0.5, 0.6) is 0 Å². The number of hydrogen-bond donors (Lipinski definition) is 0. The highest BCUT2D eigenvalue weighted by atomic mass is 127. The molecule has 1 heterocycles. The lowest BCUT2D eigenvalue weighted by Crippen LogP contribution is -1.46. The van der Waals surface area contributed by atoms with Crippen molar-refractivity contribution in [3.63, 3.8) is 0 Å². The van der Waals surface area contributed by atoms with Gasteiger partial charge in [0.1, 0.15) is 0 Å². The van der Waals surface area contributed by atoms with Crippen LogP contribution in [0.4, 0.5) is 0 Å². The monoisotopic (exact) mass is 366 g/mol. The lowest BCUT2D eigenvalue weighted by Gasteiger charge is -1.74. The molecule has 0 nitrogen and oxygen atoms in total. The molecular formula is C4HBr2IS. The molecule has 8 heavy (non-hydrogen) atoms. The predicted molar refractivity (Wildman–Crippen MR) is 52.4 cm³/mol. The molecule has 0 unspecified atom stereocenters. The molecule has 0 N–H and O–H groups in total. The minimum absolute atomic E-state index is 1.15. The number of rotatable bonds is 0. The Morgan fingerprint density at radius 3 is 2.25 bits per heavy atom. The molecule has 0 fully saturated rings. The third kappa shape index (κ3) is 1.68. The lowest BCUT2D eigenvalue weighted by atomic mass is 10.7. The average molecular weight is 368 g/mol. The molecule has 0 atom stereocenters. The van der Waals surface area contributed by atoms with Gasteiger partial charge in [0, 0.05) is 4.47 Å². The highest BCUT2D eigenvalue weighted by Gasteiger charge is 1.98. The van der Waals surface area contributed by atoms with Gasteiger partial charge in [-0.2, -0.15) is 0 Å². The summed E-state index contributed by atoms with van der Waals surface area (Å²) in [5, 5.41) is 0. The normalized spacial score (nSPS) is 9.88. The molecule has 1 aromatic rings. The van der Waals surface area contributed by atoms with Gasteiger partial charge in [-0.1, -0.05) is 0 Å². The molecule has 0 aliphatic heterocycles. The molecule has 0 saturated carbocycles. The maximum absolute atomic E-state index is 3.38. The van der Waals surface area contributed by atoms with E-state index in [1.807, 2.05) is 0 Å². The van der Waals surface area contributed by atoms with E-state index in [2.05, 4.69) is 60.5 Å². The Kier molecular flexibility index (Phi) is 2.80. The first-order valence-corrected chi connectivity index (χ1v) is 5.28. The summed E-state index contributed by atoms with van der Waals surface area (Å²) in [5.41, 5.74) is 0. The molecule has 0 aliphatic carbocycles. The first-order chi connectivity index (χ1) is 3.70. The van der Waals surface area contributed by atoms with Gasteiger partial charge in [-0.15, -0.1) is 11.3 Å². The maximum atomic E-state index is 3.38. The zero-order valence-corrected chi connectivity index (χ0v) is 9.77. The van der Waals surface area contributed by atoms with Crippen LogP contribution < -0.4 is 0 Å². The first-order valence-electron chi connectivity index (χ1n) is 1.80. The van der Waals surface area contributed by atoms with Crippen molar-refractivity contribution < 1.29 is 0 Å². The van der Waals surface area contributed by atoms with Crippen molar-refractivity contribution in [3.8, 4) is 0 Å². The molecule has 0 spiro atoms. The SMILES string of the molecule is Brc1cc(I)sc1Br. The summed E-state index contributed by atoms with van der Waals surface area (Å²) in [4.78, 5) is 0. The Labute approximate surface area is 82.1 Å². The van der Waals surface area contributed by atoms with Gasteiger partial charge in [-0.3, -0.25) is 0 Å². The highest BCUT2D eigenvalue weighted by Crippen LogP contribution is 2.32. The van der Waals surface area contributed by atoms with Crippen LogP contribution >= 0.6 is 65.8 Å². The Morgan fingerprint density at radius 2 is 2.12 bits per heavy atom. The second-order valence-electron chi connectivity index (χ2n) is 1.17. The fraction of sp³-hybridized carbons (Fsp3) is 0. The van der Waals surface area contributed by atoms with E-state index >= 15 is 0 Å². The van der Waals surface area contributed by atoms with Gasteiger partial charge in [0.15, 0.2) is 0 Å². The zero-order valence-electron chi connectivity index (χ0n) is 3.62. The Balaban J connectivity index is 3.14. The topological polar surface area (TPSA) is 0 Å². The molecule has 0 bridgehead atoms. The maximum Gasteiger partial charge on any atom is 0.0851 e. The third-order valence-corrected chi connectivity index (χ3v) is 4.63. The minimum atomic E-state index is 1.15. The molecule has 44 valence electrons. The third-order valence-electron chi connectivity index (χ3n) is 0.615. The summed E-state index contributed by atoms with van der Waals surface area (Å²) in [5.74, 6) is 0. The van der Waals surface area contributed by atoms with Crippen molar-refractivity contribution in [3.05, 3.63) is 17.2 Å². The van der Waals surface area contributed by atoms with E-state index < -0.39 is 0 Å². The van der Waals surface area contributed by atoms with Crippen molar-refractivity contribution in [2.24, 2.45) is 0 Å². The number of hydrogen-bond acceptors (Lipinski definition) is 1. The van der Waals surface area contributed by atoms with Crippen LogP contribution in [0.15, 0.2) is 14.3 Å². The largest absolute Gasteiger partial charge is 0.121 e. The lowest BCUT2D eigenvalue weighted by molar-refractivity contribution is 1.82. The van der Waals surface area contributed by atoms with Gasteiger partial charge in [0.25, 0.3) is 0 Å². The second-order valence-corrected chi connectivity index (χ2v) is 6.29. The quantitative estimate of drug-likeness (QED) is 0.610. The molecule has 1 aromatic heterocycles. The smallest absolute Gasteiger partial charge is 0.0851 e. The van der Waals surface area contributed by atoms with Crippen molar-refractivity contribution in [1.29, 1.82) is 0 Å². The van der Waals surface area contributed by atoms with E-state index in [9.17, 15) is 0 Å². The molecule has 0 saturated heterocycles. The first kappa shape index (κ1) is 7.50. The molecule has 0 aromatic carbocycles. The van der Waals surface area contributed by atoms with Crippen molar-refractivity contribution >= 4 is 65.8 Å². The van der Waals surface area contributed by atoms with E-state index in [0.717, 1.165) is 4.47 Å². The van der Waals surface area contributed by atoms with Gasteiger partial charge in [-0.05, 0) is 60.5 Å². The van der Waals surface area contributed by atoms with Crippen LogP contribution in [0, 0.1) is 2.88 Å². The summed E-state index contributed by atoms with van der Waals surface area (Å²) in [6.45, 7) is 0. The van der Waals surface area contributed by atoms with Crippen molar-refractivity contribution in [1.82, 2.24) is 0 Å². The van der Waals surface area contributed by atoms with Crippen LogP contribution in [0.2, 0.25) is 0 Å². The Hall–Kier alpha value is 1.39. The van der Waals surface area contributed by atoms with Gasteiger partial charge in [-0.25, -0.2) is 0 Å². The van der Waals surface area contributed by atoms with Gasteiger partial charge in [0.05, 0.1) is 6.67 Å². The van der Waals surface area contributed by atoms with Gasteiger partial charge in [0.2, 0.25) is 0 Å². The van der Waals surface area contributed by atoms with E-state index in [0.29, 0.717) is 0 Å². The number of halogens is 3. The summed E-state index contributed by atoms with van der Waals surface area (Å²) in [6, 6.07) is 2.08. The fourth-order valence-corrected chi connectivity index (χ4v) is 4.39. The fourth-order valence-electron chi connectivity index (χ4n) is 0.320. The Bertz CT molecular complexity index is 176. The van der Waals surface area contributed by atoms with E-state index in [1.165, 1.54) is 6.67 Å². The standard InChI is InChI=1S/C4HBr2IS/c5-2-1-3(7)8-4(2)6/h1H. The van der Waals surface area contributed by atoms with Crippen LogP contribution in [-0.2, 0) is 0 Å². The van der Waals surface area contributed by atoms with E-state index in [1.54, 1.807) is 11.3 Å². The molecule has 4 heteroatoms. The van der Waals surface area contributed by atoms with Crippen LogP contribution in [0.25, 0.3) is 0 Å². The van der Waals surface area contributed by atoms with Crippen LogP contribution in [-0.4, -0.2) is 0 Å². The summed E-state index contributed by atoms with van der Waals surface area (Å²) < 4.78 is 3.61. The second kappa shape index (κ2) is 2.98. The molecule has 1 rings (SSSR count). The minimum Gasteiger partial charge on any atom is -0.121 e. The Morgan fingerprint density at radius 1 is 1.50 bits per heavy atom. The molecule has 0 amide bonds. The van der Waals surface area contributed by atoms with Gasteiger partial charge >= 0.3 is 0 Å². The summed E-state index contributed by atoms with van der Waals surface area (Å²) in [7, 11) is 0. The molecule has 0 radical (unpaired) electrons. The molecule has 0 aliphatic rings. The number of thiophene rings is 1. The predicted octanol–water partition coefficient (Wildman–Crippen LogP) is 3.88. The van der Waals surface area contributed by atoms with Crippen molar-refractivity contribution in [2.75, 3.05) is 0 Å². The highest BCUT2D eigenvalue weighted by molar-refractivity contribution is 14.1. The summed E-state index contributed by atoms with van der Waals surface area (Å²) >= 11 is 10.8. The zero-order chi connectivity index (χ0) is 6.15. The average Bonchev–Trinajstić information content (AvgIpc) is 1.85. The van der Waals surface area contributed by atoms with Crippen LogP contribution in [0.3, 0.4) is 0 Å². The molecular weight excluding hydrogens is 367 g/mol.